The zero-order valence-electron chi connectivity index (χ0n) is 10.6. The Hall–Kier alpha value is -1.29. The van der Waals surface area contributed by atoms with Crippen LogP contribution >= 0.6 is 34.8 Å². The van der Waals surface area contributed by atoms with E-state index in [0.29, 0.717) is 23.0 Å². The van der Waals surface area contributed by atoms with Crippen LogP contribution in [0.1, 0.15) is 5.56 Å². The molecule has 0 aliphatic rings. The van der Waals surface area contributed by atoms with Crippen molar-refractivity contribution in [2.24, 2.45) is 0 Å². The van der Waals surface area contributed by atoms with E-state index in [4.69, 9.17) is 39.5 Å². The average Bonchev–Trinajstić information content (AvgIpc) is 2.43. The Morgan fingerprint density at radius 3 is 2.35 bits per heavy atom. The molecular formula is C14H12Cl3NO2. The SMILES string of the molecule is COc1cccc(Cl)c1CNc1cc(Cl)c(O)c(Cl)c1. The molecule has 3 nitrogen and oxygen atoms in total. The summed E-state index contributed by atoms with van der Waals surface area (Å²) in [6.07, 6.45) is 0. The lowest BCUT2D eigenvalue weighted by molar-refractivity contribution is 0.410. The normalized spacial score (nSPS) is 10.4. The molecule has 0 aliphatic heterocycles. The monoisotopic (exact) mass is 331 g/mol. The first-order chi connectivity index (χ1) is 9.52. The van der Waals surface area contributed by atoms with Gasteiger partial charge in [0.25, 0.3) is 0 Å². The summed E-state index contributed by atoms with van der Waals surface area (Å²) < 4.78 is 5.26. The lowest BCUT2D eigenvalue weighted by atomic mass is 10.2. The Morgan fingerprint density at radius 2 is 1.75 bits per heavy atom. The molecule has 0 saturated heterocycles. The van der Waals surface area contributed by atoms with E-state index in [1.54, 1.807) is 25.3 Å². The minimum Gasteiger partial charge on any atom is -0.505 e. The maximum atomic E-state index is 9.51. The van der Waals surface area contributed by atoms with Crippen molar-refractivity contribution in [2.45, 2.75) is 6.54 Å². The van der Waals surface area contributed by atoms with Crippen LogP contribution in [0.4, 0.5) is 5.69 Å². The number of methoxy groups -OCH3 is 1. The topological polar surface area (TPSA) is 41.5 Å². The van der Waals surface area contributed by atoms with Gasteiger partial charge in [-0.1, -0.05) is 40.9 Å². The van der Waals surface area contributed by atoms with Gasteiger partial charge in [-0.3, -0.25) is 0 Å². The molecule has 0 bridgehead atoms. The van der Waals surface area contributed by atoms with Crippen molar-refractivity contribution in [1.29, 1.82) is 0 Å². The summed E-state index contributed by atoms with van der Waals surface area (Å²) in [4.78, 5) is 0. The van der Waals surface area contributed by atoms with Crippen molar-refractivity contribution in [3.63, 3.8) is 0 Å². The molecule has 20 heavy (non-hydrogen) atoms. The van der Waals surface area contributed by atoms with Crippen molar-refractivity contribution >= 4 is 40.5 Å². The van der Waals surface area contributed by atoms with Gasteiger partial charge in [0.15, 0.2) is 5.75 Å². The minimum absolute atomic E-state index is 0.130. The summed E-state index contributed by atoms with van der Waals surface area (Å²) in [7, 11) is 1.59. The number of hydrogen-bond donors (Lipinski definition) is 2. The summed E-state index contributed by atoms with van der Waals surface area (Å²) in [5.74, 6) is 0.565. The number of aromatic hydroxyl groups is 1. The van der Waals surface area contributed by atoms with Crippen LogP contribution in [0.5, 0.6) is 11.5 Å². The fourth-order valence-electron chi connectivity index (χ4n) is 1.76. The third kappa shape index (κ3) is 3.23. The second-order valence-corrected chi connectivity index (χ2v) is 5.28. The number of benzene rings is 2. The first kappa shape index (κ1) is 15.1. The number of anilines is 1. The molecule has 0 unspecified atom stereocenters. The van der Waals surface area contributed by atoms with Crippen LogP contribution in [0, 0.1) is 0 Å². The summed E-state index contributed by atoms with van der Waals surface area (Å²) in [6.45, 7) is 0.445. The predicted molar refractivity (Wildman–Crippen MR) is 83.5 cm³/mol. The van der Waals surface area contributed by atoms with Crippen LogP contribution in [0.3, 0.4) is 0 Å². The van der Waals surface area contributed by atoms with E-state index in [1.807, 2.05) is 12.1 Å². The van der Waals surface area contributed by atoms with Gasteiger partial charge in [-0.05, 0) is 24.3 Å². The Bertz CT molecular complexity index is 609. The van der Waals surface area contributed by atoms with Crippen molar-refractivity contribution in [1.82, 2.24) is 0 Å². The van der Waals surface area contributed by atoms with Gasteiger partial charge in [0.2, 0.25) is 0 Å². The molecule has 6 heteroatoms. The molecule has 0 saturated carbocycles. The summed E-state index contributed by atoms with van der Waals surface area (Å²) in [5.41, 5.74) is 1.51. The predicted octanol–water partition coefficient (Wildman–Crippen LogP) is 4.97. The van der Waals surface area contributed by atoms with E-state index in [9.17, 15) is 5.11 Å². The largest absolute Gasteiger partial charge is 0.505 e. The molecule has 0 amide bonds. The zero-order chi connectivity index (χ0) is 14.7. The first-order valence-corrected chi connectivity index (χ1v) is 6.89. The molecule has 0 aliphatic carbocycles. The Morgan fingerprint density at radius 1 is 1.10 bits per heavy atom. The number of phenolic OH excluding ortho intramolecular Hbond substituents is 1. The van der Waals surface area contributed by atoms with Gasteiger partial charge < -0.3 is 15.2 Å². The molecule has 0 fully saturated rings. The molecular weight excluding hydrogens is 321 g/mol. The molecule has 2 N–H and O–H groups in total. The Kier molecular flexibility index (Phi) is 4.86. The maximum absolute atomic E-state index is 9.51. The molecule has 106 valence electrons. The van der Waals surface area contributed by atoms with Gasteiger partial charge in [0, 0.05) is 22.8 Å². The smallest absolute Gasteiger partial charge is 0.152 e. The highest BCUT2D eigenvalue weighted by Gasteiger charge is 2.10. The summed E-state index contributed by atoms with van der Waals surface area (Å²) >= 11 is 17.9. The summed E-state index contributed by atoms with van der Waals surface area (Å²) in [5, 5.41) is 13.6. The van der Waals surface area contributed by atoms with Crippen LogP contribution in [-0.4, -0.2) is 12.2 Å². The highest BCUT2D eigenvalue weighted by molar-refractivity contribution is 6.37. The third-order valence-corrected chi connectivity index (χ3v) is 3.71. The fraction of sp³-hybridized carbons (Fsp3) is 0.143. The van der Waals surface area contributed by atoms with Crippen molar-refractivity contribution < 1.29 is 9.84 Å². The van der Waals surface area contributed by atoms with Crippen molar-refractivity contribution in [3.8, 4) is 11.5 Å². The van der Waals surface area contributed by atoms with Crippen LogP contribution in [0.25, 0.3) is 0 Å². The molecule has 2 aromatic carbocycles. The molecule has 0 spiro atoms. The number of halogens is 3. The van der Waals surface area contributed by atoms with E-state index in [1.165, 1.54) is 0 Å². The number of phenols is 1. The third-order valence-electron chi connectivity index (χ3n) is 2.78. The molecule has 0 atom stereocenters. The van der Waals surface area contributed by atoms with E-state index < -0.39 is 0 Å². The Labute approximate surface area is 132 Å². The average molecular weight is 333 g/mol. The first-order valence-electron chi connectivity index (χ1n) is 5.76. The second-order valence-electron chi connectivity index (χ2n) is 4.06. The Balaban J connectivity index is 2.21. The quantitative estimate of drug-likeness (QED) is 0.776. The van der Waals surface area contributed by atoms with E-state index >= 15 is 0 Å². The maximum Gasteiger partial charge on any atom is 0.152 e. The molecule has 2 aromatic rings. The van der Waals surface area contributed by atoms with Gasteiger partial charge in [0.05, 0.1) is 17.2 Å². The van der Waals surface area contributed by atoms with E-state index in [2.05, 4.69) is 5.32 Å². The second kappa shape index (κ2) is 6.44. The molecule has 0 aromatic heterocycles. The fourth-order valence-corrected chi connectivity index (χ4v) is 2.48. The lowest BCUT2D eigenvalue weighted by Gasteiger charge is -2.13. The van der Waals surface area contributed by atoms with E-state index in [0.717, 1.165) is 5.56 Å². The standard InChI is InChI=1S/C14H12Cl3NO2/c1-20-13-4-2-3-10(15)9(13)7-18-8-5-11(16)14(19)12(17)6-8/h2-6,18-19H,7H2,1H3. The number of rotatable bonds is 4. The van der Waals surface area contributed by atoms with E-state index in [-0.39, 0.29) is 15.8 Å². The van der Waals surface area contributed by atoms with Crippen LogP contribution < -0.4 is 10.1 Å². The van der Waals surface area contributed by atoms with Crippen LogP contribution in [0.15, 0.2) is 30.3 Å². The van der Waals surface area contributed by atoms with Crippen molar-refractivity contribution in [2.75, 3.05) is 12.4 Å². The van der Waals surface area contributed by atoms with Gasteiger partial charge in [-0.25, -0.2) is 0 Å². The van der Waals surface area contributed by atoms with Gasteiger partial charge in [-0.2, -0.15) is 0 Å². The van der Waals surface area contributed by atoms with Gasteiger partial charge in [0.1, 0.15) is 5.75 Å². The zero-order valence-corrected chi connectivity index (χ0v) is 12.9. The van der Waals surface area contributed by atoms with Crippen molar-refractivity contribution in [3.05, 3.63) is 51.0 Å². The number of nitrogens with one attached hydrogen (secondary N) is 1. The highest BCUT2D eigenvalue weighted by atomic mass is 35.5. The van der Waals surface area contributed by atoms with Gasteiger partial charge in [-0.15, -0.1) is 0 Å². The highest BCUT2D eigenvalue weighted by Crippen LogP contribution is 2.35. The molecule has 0 heterocycles. The van der Waals surface area contributed by atoms with Crippen LogP contribution in [-0.2, 0) is 6.54 Å². The minimum atomic E-state index is -0.130. The number of hydrogen-bond acceptors (Lipinski definition) is 3. The lowest BCUT2D eigenvalue weighted by Crippen LogP contribution is -2.02. The molecule has 2 rings (SSSR count). The van der Waals surface area contributed by atoms with Gasteiger partial charge >= 0.3 is 0 Å². The number of ether oxygens (including phenoxy) is 1. The summed E-state index contributed by atoms with van der Waals surface area (Å²) in [6, 6.07) is 8.62. The molecule has 0 radical (unpaired) electrons. The van der Waals surface area contributed by atoms with Crippen LogP contribution in [0.2, 0.25) is 15.1 Å².